The number of hydrogen-bond acceptors (Lipinski definition) is 3. The van der Waals surface area contributed by atoms with Crippen molar-refractivity contribution in [3.63, 3.8) is 0 Å². The van der Waals surface area contributed by atoms with Gasteiger partial charge in [0.1, 0.15) is 5.69 Å². The van der Waals surface area contributed by atoms with Gasteiger partial charge >= 0.3 is 0 Å². The molecule has 1 heterocycles. The molecule has 0 radical (unpaired) electrons. The first-order valence-corrected chi connectivity index (χ1v) is 5.17. The largest absolute Gasteiger partial charge is 0.325 e. The van der Waals surface area contributed by atoms with Gasteiger partial charge in [-0.25, -0.2) is 0 Å². The molecule has 0 saturated carbocycles. The zero-order valence-electron chi connectivity index (χ0n) is 9.12. The molecule has 0 saturated heterocycles. The minimum Gasteiger partial charge on any atom is -0.325 e. The molecule has 0 fully saturated rings. The van der Waals surface area contributed by atoms with Gasteiger partial charge in [0.2, 0.25) is 0 Å². The molecule has 2 N–H and O–H groups in total. The van der Waals surface area contributed by atoms with Crippen molar-refractivity contribution in [1.82, 2.24) is 15.0 Å². The highest BCUT2D eigenvalue weighted by Crippen LogP contribution is 2.05. The molecule has 2 rings (SSSR count). The Morgan fingerprint density at radius 2 is 2.06 bits per heavy atom. The highest BCUT2D eigenvalue weighted by atomic mass is 15.5. The van der Waals surface area contributed by atoms with Crippen LogP contribution in [0.4, 0.5) is 0 Å². The molecule has 1 atom stereocenters. The Kier molecular flexibility index (Phi) is 3.12. The molecule has 0 aliphatic heterocycles. The summed E-state index contributed by atoms with van der Waals surface area (Å²) in [7, 11) is 0. The van der Waals surface area contributed by atoms with Crippen molar-refractivity contribution in [2.75, 3.05) is 0 Å². The number of nitrogens with zero attached hydrogens (tertiary/aromatic N) is 3. The van der Waals surface area contributed by atoms with Gasteiger partial charge in [-0.15, -0.1) is 5.10 Å². The van der Waals surface area contributed by atoms with Gasteiger partial charge in [-0.3, -0.25) is 0 Å². The molecule has 0 aliphatic rings. The van der Waals surface area contributed by atoms with E-state index in [1.807, 2.05) is 49.4 Å². The van der Waals surface area contributed by atoms with Crippen LogP contribution in [0, 0.1) is 0 Å². The van der Waals surface area contributed by atoms with Crippen LogP contribution >= 0.6 is 0 Å². The van der Waals surface area contributed by atoms with E-state index in [-0.39, 0.29) is 6.04 Å². The second kappa shape index (κ2) is 4.72. The normalized spacial score (nSPS) is 13.1. The van der Waals surface area contributed by atoms with Crippen molar-refractivity contribution in [2.24, 2.45) is 5.73 Å². The highest BCUT2D eigenvalue weighted by Gasteiger charge is 1.99. The standard InChI is InChI=1S/C12H14N4/c1-10(13)7-8-11-9-14-16(15-11)12-5-3-2-4-6-12/h2-10H,13H2,1H3/b8-7+. The van der Waals surface area contributed by atoms with Gasteiger partial charge in [-0.05, 0) is 25.1 Å². The van der Waals surface area contributed by atoms with Crippen LogP contribution in [0.5, 0.6) is 0 Å². The third kappa shape index (κ3) is 2.55. The van der Waals surface area contributed by atoms with Gasteiger partial charge < -0.3 is 5.73 Å². The quantitative estimate of drug-likeness (QED) is 0.844. The summed E-state index contributed by atoms with van der Waals surface area (Å²) < 4.78 is 0. The maximum absolute atomic E-state index is 5.62. The first-order chi connectivity index (χ1) is 7.75. The number of aromatic nitrogens is 3. The van der Waals surface area contributed by atoms with E-state index in [0.29, 0.717) is 0 Å². The Morgan fingerprint density at radius 3 is 2.75 bits per heavy atom. The third-order valence-electron chi connectivity index (χ3n) is 2.07. The second-order valence-corrected chi connectivity index (χ2v) is 3.61. The Labute approximate surface area is 94.4 Å². The predicted molar refractivity (Wildman–Crippen MR) is 64.0 cm³/mol. The lowest BCUT2D eigenvalue weighted by Crippen LogP contribution is -2.09. The molecule has 1 aromatic heterocycles. The molecule has 2 aromatic rings. The van der Waals surface area contributed by atoms with Crippen LogP contribution in [0.1, 0.15) is 12.6 Å². The van der Waals surface area contributed by atoms with Crippen molar-refractivity contribution in [1.29, 1.82) is 0 Å². The minimum atomic E-state index is 0.0295. The fourth-order valence-electron chi connectivity index (χ4n) is 1.29. The lowest BCUT2D eigenvalue weighted by molar-refractivity contribution is 0.750. The Balaban J connectivity index is 2.20. The highest BCUT2D eigenvalue weighted by molar-refractivity contribution is 5.43. The molecule has 4 heteroatoms. The zero-order chi connectivity index (χ0) is 11.4. The van der Waals surface area contributed by atoms with Gasteiger partial charge in [0.05, 0.1) is 11.9 Å². The fourth-order valence-corrected chi connectivity index (χ4v) is 1.29. The summed E-state index contributed by atoms with van der Waals surface area (Å²) in [4.78, 5) is 1.60. The summed E-state index contributed by atoms with van der Waals surface area (Å²) in [6.07, 6.45) is 5.47. The van der Waals surface area contributed by atoms with Crippen molar-refractivity contribution in [2.45, 2.75) is 13.0 Å². The van der Waals surface area contributed by atoms with Crippen LogP contribution in [0.2, 0.25) is 0 Å². The lowest BCUT2D eigenvalue weighted by atomic mass is 10.3. The molecular formula is C12H14N4. The summed E-state index contributed by atoms with van der Waals surface area (Å²) >= 11 is 0. The number of rotatable bonds is 3. The number of nitrogens with two attached hydrogens (primary N) is 1. The topological polar surface area (TPSA) is 56.7 Å². The second-order valence-electron chi connectivity index (χ2n) is 3.61. The van der Waals surface area contributed by atoms with E-state index in [2.05, 4.69) is 10.2 Å². The van der Waals surface area contributed by atoms with E-state index in [9.17, 15) is 0 Å². The van der Waals surface area contributed by atoms with Crippen LogP contribution in [-0.4, -0.2) is 21.0 Å². The molecule has 0 spiro atoms. The molecule has 1 unspecified atom stereocenters. The maximum Gasteiger partial charge on any atom is 0.106 e. The van der Waals surface area contributed by atoms with Crippen molar-refractivity contribution in [3.8, 4) is 5.69 Å². The zero-order valence-corrected chi connectivity index (χ0v) is 9.12. The molecule has 4 nitrogen and oxygen atoms in total. The lowest BCUT2D eigenvalue weighted by Gasteiger charge is -1.96. The summed E-state index contributed by atoms with van der Waals surface area (Å²) in [5.74, 6) is 0. The van der Waals surface area contributed by atoms with E-state index < -0.39 is 0 Å². The van der Waals surface area contributed by atoms with Gasteiger partial charge in [0.15, 0.2) is 0 Å². The van der Waals surface area contributed by atoms with E-state index in [1.54, 1.807) is 11.0 Å². The van der Waals surface area contributed by atoms with E-state index >= 15 is 0 Å². The van der Waals surface area contributed by atoms with Crippen LogP contribution in [-0.2, 0) is 0 Å². The van der Waals surface area contributed by atoms with Gasteiger partial charge in [0.25, 0.3) is 0 Å². The summed E-state index contributed by atoms with van der Waals surface area (Å²) in [6.45, 7) is 1.91. The first kappa shape index (κ1) is 10.6. The SMILES string of the molecule is CC(N)/C=C/c1cnn(-c2ccccc2)n1. The molecule has 1 aromatic carbocycles. The third-order valence-corrected chi connectivity index (χ3v) is 2.07. The predicted octanol–water partition coefficient (Wildman–Crippen LogP) is 1.63. The van der Waals surface area contributed by atoms with Gasteiger partial charge in [-0.2, -0.15) is 9.90 Å². The average molecular weight is 214 g/mol. The molecule has 82 valence electrons. The van der Waals surface area contributed by atoms with Crippen molar-refractivity contribution in [3.05, 3.63) is 48.3 Å². The Bertz CT molecular complexity index is 471. The molecule has 16 heavy (non-hydrogen) atoms. The average Bonchev–Trinajstić information content (AvgIpc) is 2.76. The summed E-state index contributed by atoms with van der Waals surface area (Å²) in [5, 5.41) is 8.49. The van der Waals surface area contributed by atoms with E-state index in [0.717, 1.165) is 11.4 Å². The summed E-state index contributed by atoms with van der Waals surface area (Å²) in [6, 6.07) is 9.82. The summed E-state index contributed by atoms with van der Waals surface area (Å²) in [5.41, 5.74) is 7.37. The molecular weight excluding hydrogens is 200 g/mol. The first-order valence-electron chi connectivity index (χ1n) is 5.17. The monoisotopic (exact) mass is 214 g/mol. The number of para-hydroxylation sites is 1. The Morgan fingerprint density at radius 1 is 1.31 bits per heavy atom. The Hall–Kier alpha value is -1.94. The van der Waals surface area contributed by atoms with E-state index in [1.165, 1.54) is 0 Å². The van der Waals surface area contributed by atoms with Crippen LogP contribution < -0.4 is 5.73 Å². The smallest absolute Gasteiger partial charge is 0.106 e. The maximum atomic E-state index is 5.62. The molecule has 0 bridgehead atoms. The van der Waals surface area contributed by atoms with Crippen LogP contribution in [0.3, 0.4) is 0 Å². The van der Waals surface area contributed by atoms with Crippen LogP contribution in [0.25, 0.3) is 11.8 Å². The van der Waals surface area contributed by atoms with Gasteiger partial charge in [0, 0.05) is 6.04 Å². The molecule has 0 aliphatic carbocycles. The van der Waals surface area contributed by atoms with Crippen LogP contribution in [0.15, 0.2) is 42.6 Å². The van der Waals surface area contributed by atoms with E-state index in [4.69, 9.17) is 5.73 Å². The van der Waals surface area contributed by atoms with Gasteiger partial charge in [-0.1, -0.05) is 24.3 Å². The number of hydrogen-bond donors (Lipinski definition) is 1. The minimum absolute atomic E-state index is 0.0295. The number of benzene rings is 1. The van der Waals surface area contributed by atoms with Crippen molar-refractivity contribution < 1.29 is 0 Å². The molecule has 0 amide bonds. The fraction of sp³-hybridized carbons (Fsp3) is 0.167. The van der Waals surface area contributed by atoms with Crippen molar-refractivity contribution >= 4 is 6.08 Å².